The van der Waals surface area contributed by atoms with Gasteiger partial charge in [-0.05, 0) is 31.9 Å². The molecule has 140 valence electrons. The van der Waals surface area contributed by atoms with Crippen LogP contribution in [0.15, 0.2) is 35.3 Å². The average Bonchev–Trinajstić information content (AvgIpc) is 3.19. The molecule has 6 heterocycles. The first-order chi connectivity index (χ1) is 13.2. The minimum atomic E-state index is 0.0990. The van der Waals surface area contributed by atoms with Crippen molar-refractivity contribution in [2.75, 3.05) is 13.1 Å². The Balaban J connectivity index is 1.39. The number of rotatable bonds is 4. The topological polar surface area (TPSA) is 53.7 Å². The summed E-state index contributed by atoms with van der Waals surface area (Å²) in [6, 6.07) is 6.38. The molecule has 3 aromatic heterocycles. The molecule has 0 aliphatic carbocycles. The minimum absolute atomic E-state index is 0.0990. The van der Waals surface area contributed by atoms with Crippen LogP contribution in [0.25, 0.3) is 5.65 Å². The summed E-state index contributed by atoms with van der Waals surface area (Å²) >= 11 is 1.59. The van der Waals surface area contributed by atoms with Crippen LogP contribution in [-0.4, -0.2) is 49.2 Å². The fourth-order valence-corrected chi connectivity index (χ4v) is 5.07. The molecule has 1 amide bonds. The predicted molar refractivity (Wildman–Crippen MR) is 104 cm³/mol. The predicted octanol–water partition coefficient (Wildman–Crippen LogP) is 2.72. The number of aryl methyl sites for hydroxylation is 1. The maximum absolute atomic E-state index is 13.0. The molecule has 0 unspecified atom stereocenters. The molecule has 3 aliphatic heterocycles. The van der Waals surface area contributed by atoms with E-state index in [1.807, 2.05) is 29.1 Å². The third-order valence-electron chi connectivity index (χ3n) is 5.89. The van der Waals surface area contributed by atoms with Crippen molar-refractivity contribution in [3.05, 3.63) is 52.4 Å². The zero-order valence-corrected chi connectivity index (χ0v) is 16.2. The van der Waals surface area contributed by atoms with Gasteiger partial charge >= 0.3 is 0 Å². The summed E-state index contributed by atoms with van der Waals surface area (Å²) in [5, 5.41) is 2.05. The average molecular weight is 382 g/mol. The van der Waals surface area contributed by atoms with Crippen molar-refractivity contribution in [3.63, 3.8) is 0 Å². The molecule has 0 spiro atoms. The first kappa shape index (κ1) is 16.9. The number of fused-ring (bicyclic) bond motifs is 5. The highest BCUT2D eigenvalue weighted by molar-refractivity contribution is 7.07. The molecule has 6 nitrogen and oxygen atoms in total. The van der Waals surface area contributed by atoms with Crippen LogP contribution in [0.4, 0.5) is 0 Å². The number of carbonyl (C=O) groups is 1. The zero-order chi connectivity index (χ0) is 18.4. The fraction of sp³-hybridized carbons (Fsp3) is 0.450. The number of piperidine rings is 1. The Morgan fingerprint density at radius 1 is 1.22 bits per heavy atom. The van der Waals surface area contributed by atoms with Crippen LogP contribution in [0.5, 0.6) is 0 Å². The number of amides is 1. The standard InChI is InChI=1S/C20H23N5OS/c1-14-18(24-7-3-2-4-19(24)22-14)11-23-8-15-5-6-17(10-23)25(20(15)26)9-16-12-27-13-21-16/h2-4,7,12-13,15,17H,5-6,8-11H2,1H3/t15-,17+/m1/s1. The van der Waals surface area contributed by atoms with E-state index in [-0.39, 0.29) is 12.0 Å². The van der Waals surface area contributed by atoms with E-state index in [1.54, 1.807) is 11.3 Å². The van der Waals surface area contributed by atoms with Crippen molar-refractivity contribution in [3.8, 4) is 0 Å². The van der Waals surface area contributed by atoms with Gasteiger partial charge in [-0.1, -0.05) is 6.07 Å². The number of nitrogens with zero attached hydrogens (tertiary/aromatic N) is 5. The molecule has 3 saturated heterocycles. The highest BCUT2D eigenvalue weighted by Gasteiger charge is 2.40. The summed E-state index contributed by atoms with van der Waals surface area (Å²) in [6.45, 7) is 5.32. The second-order valence-corrected chi connectivity index (χ2v) is 8.36. The zero-order valence-electron chi connectivity index (χ0n) is 15.4. The van der Waals surface area contributed by atoms with Gasteiger partial charge in [0.2, 0.25) is 5.91 Å². The molecule has 7 heteroatoms. The molecule has 27 heavy (non-hydrogen) atoms. The van der Waals surface area contributed by atoms with Crippen molar-refractivity contribution in [2.24, 2.45) is 5.92 Å². The summed E-state index contributed by atoms with van der Waals surface area (Å²) in [4.78, 5) is 26.6. The molecule has 3 aromatic rings. The Morgan fingerprint density at radius 2 is 2.15 bits per heavy atom. The van der Waals surface area contributed by atoms with Crippen molar-refractivity contribution >= 4 is 22.9 Å². The molecule has 2 atom stereocenters. The van der Waals surface area contributed by atoms with Gasteiger partial charge in [-0.25, -0.2) is 9.97 Å². The molecular weight excluding hydrogens is 358 g/mol. The van der Waals surface area contributed by atoms with Crippen molar-refractivity contribution in [1.29, 1.82) is 0 Å². The first-order valence-electron chi connectivity index (χ1n) is 9.51. The van der Waals surface area contributed by atoms with Gasteiger partial charge in [-0.15, -0.1) is 11.3 Å². The van der Waals surface area contributed by atoms with Crippen molar-refractivity contribution in [1.82, 2.24) is 24.2 Å². The van der Waals surface area contributed by atoms with Crippen molar-refractivity contribution < 1.29 is 4.79 Å². The second-order valence-electron chi connectivity index (χ2n) is 7.64. The van der Waals surface area contributed by atoms with Gasteiger partial charge in [0.1, 0.15) is 5.65 Å². The fourth-order valence-electron chi connectivity index (χ4n) is 4.52. The van der Waals surface area contributed by atoms with Crippen LogP contribution in [0.2, 0.25) is 0 Å². The van der Waals surface area contributed by atoms with Gasteiger partial charge in [0.05, 0.1) is 35.1 Å². The minimum Gasteiger partial charge on any atom is -0.332 e. The lowest BCUT2D eigenvalue weighted by molar-refractivity contribution is -0.140. The molecule has 0 saturated carbocycles. The van der Waals surface area contributed by atoms with Gasteiger partial charge in [0.15, 0.2) is 0 Å². The van der Waals surface area contributed by atoms with Gasteiger partial charge in [0, 0.05) is 37.3 Å². The van der Waals surface area contributed by atoms with E-state index in [0.29, 0.717) is 12.5 Å². The van der Waals surface area contributed by atoms with E-state index in [1.165, 1.54) is 5.69 Å². The van der Waals surface area contributed by atoms with E-state index in [9.17, 15) is 4.79 Å². The Kier molecular flexibility index (Phi) is 4.21. The lowest BCUT2D eigenvalue weighted by atomic mass is 9.94. The number of imidazole rings is 1. The summed E-state index contributed by atoms with van der Waals surface area (Å²) in [7, 11) is 0. The van der Waals surface area contributed by atoms with Crippen LogP contribution in [0, 0.1) is 12.8 Å². The first-order valence-corrected chi connectivity index (χ1v) is 10.5. The number of hydrogen-bond acceptors (Lipinski definition) is 5. The van der Waals surface area contributed by atoms with Crippen LogP contribution in [-0.2, 0) is 17.9 Å². The van der Waals surface area contributed by atoms with Crippen LogP contribution < -0.4 is 0 Å². The lowest BCUT2D eigenvalue weighted by Gasteiger charge is -2.35. The van der Waals surface area contributed by atoms with Gasteiger partial charge < -0.3 is 9.30 Å². The highest BCUT2D eigenvalue weighted by atomic mass is 32.1. The monoisotopic (exact) mass is 381 g/mol. The molecule has 0 aromatic carbocycles. The van der Waals surface area contributed by atoms with E-state index in [0.717, 1.165) is 49.5 Å². The molecule has 0 radical (unpaired) electrons. The summed E-state index contributed by atoms with van der Waals surface area (Å²) < 4.78 is 2.18. The maximum atomic E-state index is 13.0. The van der Waals surface area contributed by atoms with Crippen LogP contribution >= 0.6 is 11.3 Å². The molecule has 3 fully saturated rings. The van der Waals surface area contributed by atoms with E-state index >= 15 is 0 Å². The Morgan fingerprint density at radius 3 is 3.00 bits per heavy atom. The number of carbonyl (C=O) groups excluding carboxylic acids is 1. The van der Waals surface area contributed by atoms with E-state index < -0.39 is 0 Å². The third-order valence-corrected chi connectivity index (χ3v) is 6.52. The summed E-state index contributed by atoms with van der Waals surface area (Å²) in [5.41, 5.74) is 6.14. The molecular formula is C20H23N5OS. The van der Waals surface area contributed by atoms with E-state index in [2.05, 4.69) is 37.3 Å². The normalized spacial score (nSPS) is 23.3. The SMILES string of the molecule is Cc1nc2ccccn2c1CN1C[C@H]2CC[C@@H](C1)N(Cc1cscn1)C2=O. The molecule has 6 rings (SSSR count). The summed E-state index contributed by atoms with van der Waals surface area (Å²) in [5.74, 6) is 0.401. The van der Waals surface area contributed by atoms with E-state index in [4.69, 9.17) is 0 Å². The number of thiazole rings is 1. The van der Waals surface area contributed by atoms with Gasteiger partial charge in [-0.2, -0.15) is 0 Å². The van der Waals surface area contributed by atoms with Gasteiger partial charge in [0.25, 0.3) is 0 Å². The quantitative estimate of drug-likeness (QED) is 0.697. The highest BCUT2D eigenvalue weighted by Crippen LogP contribution is 2.31. The smallest absolute Gasteiger partial charge is 0.227 e. The van der Waals surface area contributed by atoms with Crippen LogP contribution in [0.3, 0.4) is 0 Å². The number of aromatic nitrogens is 3. The molecule has 2 bridgehead atoms. The Labute approximate surface area is 162 Å². The second kappa shape index (κ2) is 6.73. The lowest BCUT2D eigenvalue weighted by Crippen LogP contribution is -2.47. The van der Waals surface area contributed by atoms with Crippen LogP contribution in [0.1, 0.15) is 29.9 Å². The van der Waals surface area contributed by atoms with Crippen molar-refractivity contribution in [2.45, 2.75) is 38.9 Å². The van der Waals surface area contributed by atoms with Gasteiger partial charge in [-0.3, -0.25) is 9.69 Å². The number of hydrogen-bond donors (Lipinski definition) is 0. The third kappa shape index (κ3) is 3.04. The summed E-state index contributed by atoms with van der Waals surface area (Å²) in [6.07, 6.45) is 4.17. The molecule has 0 N–H and O–H groups in total. The maximum Gasteiger partial charge on any atom is 0.227 e. The largest absolute Gasteiger partial charge is 0.332 e. The number of pyridine rings is 1. The Hall–Kier alpha value is -2.25. The Bertz CT molecular complexity index is 966. The molecule has 3 aliphatic rings.